The molecule has 0 spiro atoms. The number of methoxy groups -OCH3 is 1. The first-order chi connectivity index (χ1) is 16.2. The van der Waals surface area contributed by atoms with Gasteiger partial charge in [0.25, 0.3) is 5.56 Å². The molecule has 0 aliphatic rings. The van der Waals surface area contributed by atoms with Crippen LogP contribution in [0.4, 0.5) is 13.2 Å². The number of pyridine rings is 4. The van der Waals surface area contributed by atoms with Crippen LogP contribution in [-0.2, 0) is 6.18 Å². The fourth-order valence-electron chi connectivity index (χ4n) is 3.72. The number of aromatic nitrogens is 6. The zero-order chi connectivity index (χ0) is 24.2. The number of H-pyrrole nitrogens is 2. The van der Waals surface area contributed by atoms with Crippen molar-refractivity contribution in [3.05, 3.63) is 63.6 Å². The van der Waals surface area contributed by atoms with Gasteiger partial charge in [0, 0.05) is 29.9 Å². The summed E-state index contributed by atoms with van der Waals surface area (Å²) in [6.45, 7) is 1.75. The van der Waals surface area contributed by atoms with E-state index in [-0.39, 0.29) is 33.5 Å². The molecule has 5 rings (SSSR count). The number of aryl methyl sites for hydroxylation is 1. The lowest BCUT2D eigenvalue weighted by Gasteiger charge is -2.13. The fourth-order valence-corrected chi connectivity index (χ4v) is 3.95. The van der Waals surface area contributed by atoms with Crippen LogP contribution in [0.5, 0.6) is 5.75 Å². The van der Waals surface area contributed by atoms with E-state index in [1.165, 1.54) is 13.3 Å². The molecule has 172 valence electrons. The number of ether oxygens (including phenoxy) is 1. The highest BCUT2D eigenvalue weighted by Crippen LogP contribution is 2.37. The third-order valence-corrected chi connectivity index (χ3v) is 5.46. The molecule has 0 bridgehead atoms. The highest BCUT2D eigenvalue weighted by Gasteiger charge is 2.33. The molecule has 5 aromatic heterocycles. The van der Waals surface area contributed by atoms with Crippen LogP contribution in [0.3, 0.4) is 0 Å². The van der Waals surface area contributed by atoms with Crippen LogP contribution in [0.2, 0.25) is 5.15 Å². The number of rotatable bonds is 3. The number of nitrogens with one attached hydrogen (secondary N) is 2. The van der Waals surface area contributed by atoms with Crippen molar-refractivity contribution in [1.29, 1.82) is 0 Å². The van der Waals surface area contributed by atoms with E-state index < -0.39 is 17.4 Å². The molecule has 0 aromatic carbocycles. The summed E-state index contributed by atoms with van der Waals surface area (Å²) >= 11 is 6.02. The normalized spacial score (nSPS) is 11.9. The Kier molecular flexibility index (Phi) is 5.01. The minimum Gasteiger partial charge on any atom is -0.496 e. The van der Waals surface area contributed by atoms with E-state index in [2.05, 4.69) is 29.9 Å². The van der Waals surface area contributed by atoms with Crippen LogP contribution in [0, 0.1) is 6.92 Å². The van der Waals surface area contributed by atoms with E-state index in [1.54, 1.807) is 25.1 Å². The number of fused-ring (bicyclic) bond motifs is 2. The largest absolute Gasteiger partial charge is 0.496 e. The Balaban J connectivity index is 1.73. The molecule has 0 saturated heterocycles. The molecular formula is C22H14ClF3N6O2. The Morgan fingerprint density at radius 1 is 1.03 bits per heavy atom. The predicted molar refractivity (Wildman–Crippen MR) is 120 cm³/mol. The molecule has 34 heavy (non-hydrogen) atoms. The molecule has 12 heteroatoms. The van der Waals surface area contributed by atoms with Crippen molar-refractivity contribution < 1.29 is 17.9 Å². The topological polar surface area (TPSA) is 109 Å². The van der Waals surface area contributed by atoms with E-state index in [1.807, 2.05) is 0 Å². The maximum atomic E-state index is 13.1. The average molecular weight is 487 g/mol. The van der Waals surface area contributed by atoms with Crippen molar-refractivity contribution in [3.63, 3.8) is 0 Å². The van der Waals surface area contributed by atoms with Crippen molar-refractivity contribution >= 4 is 33.5 Å². The second-order valence-electron chi connectivity index (χ2n) is 7.41. The molecular weight excluding hydrogens is 473 g/mol. The van der Waals surface area contributed by atoms with Crippen LogP contribution in [0.25, 0.3) is 44.6 Å². The molecule has 5 aromatic rings. The number of nitrogens with zero attached hydrogens (tertiary/aromatic N) is 4. The number of hydrogen-bond acceptors (Lipinski definition) is 6. The molecule has 0 atom stereocenters. The summed E-state index contributed by atoms with van der Waals surface area (Å²) in [7, 11) is 1.26. The smallest absolute Gasteiger partial charge is 0.433 e. The van der Waals surface area contributed by atoms with Gasteiger partial charge in [0.2, 0.25) is 0 Å². The lowest BCUT2D eigenvalue weighted by atomic mass is 10.0. The van der Waals surface area contributed by atoms with Crippen molar-refractivity contribution in [2.24, 2.45) is 0 Å². The zero-order valence-corrected chi connectivity index (χ0v) is 18.3. The van der Waals surface area contributed by atoms with Gasteiger partial charge in [-0.05, 0) is 19.1 Å². The Hall–Kier alpha value is -3.99. The Morgan fingerprint density at radius 2 is 1.82 bits per heavy atom. The standard InChI is InChI=1S/C22H14ClF3N6O2/c1-9-18-14(6-17(23)29-9)30-20(32-18)11-5-10-13(31-21(11)33)3-4-27-19(10)12-8-28-16(22(24,25)26)7-15(12)34-2/h3-8H,1-2H3,(H,30,32)(H,31,33). The SMILES string of the molecule is COc1cc(C(F)(F)F)ncc1-c1nccc2[nH]c(=O)c(-c3nc4c(C)nc(Cl)cc4[nH]3)cc12. The summed E-state index contributed by atoms with van der Waals surface area (Å²) in [5.41, 5.74) is 1.38. The number of aromatic amines is 2. The Bertz CT molecular complexity index is 1640. The average Bonchev–Trinajstić information content (AvgIpc) is 3.21. The maximum Gasteiger partial charge on any atom is 0.433 e. The van der Waals surface area contributed by atoms with Gasteiger partial charge in [0.15, 0.2) is 0 Å². The first-order valence-electron chi connectivity index (χ1n) is 9.82. The highest BCUT2D eigenvalue weighted by atomic mass is 35.5. The van der Waals surface area contributed by atoms with Crippen molar-refractivity contribution in [3.8, 4) is 28.4 Å². The van der Waals surface area contributed by atoms with Gasteiger partial charge < -0.3 is 14.7 Å². The monoisotopic (exact) mass is 486 g/mol. The lowest BCUT2D eigenvalue weighted by Crippen LogP contribution is -2.10. The fraction of sp³-hybridized carbons (Fsp3) is 0.136. The highest BCUT2D eigenvalue weighted by molar-refractivity contribution is 6.30. The van der Waals surface area contributed by atoms with Crippen LogP contribution in [0.1, 0.15) is 11.4 Å². The first-order valence-corrected chi connectivity index (χ1v) is 10.2. The summed E-state index contributed by atoms with van der Waals surface area (Å²) in [4.78, 5) is 35.2. The van der Waals surface area contributed by atoms with E-state index >= 15 is 0 Å². The number of hydrogen-bond donors (Lipinski definition) is 2. The predicted octanol–water partition coefficient (Wildman–Crippen LogP) is 4.91. The molecule has 5 heterocycles. The molecule has 0 unspecified atom stereocenters. The van der Waals surface area contributed by atoms with E-state index in [4.69, 9.17) is 16.3 Å². The summed E-state index contributed by atoms with van der Waals surface area (Å²) in [6.07, 6.45) is -2.15. The lowest BCUT2D eigenvalue weighted by molar-refractivity contribution is -0.141. The Morgan fingerprint density at radius 3 is 2.56 bits per heavy atom. The number of imidazole rings is 1. The van der Waals surface area contributed by atoms with Crippen LogP contribution in [-0.4, -0.2) is 37.0 Å². The van der Waals surface area contributed by atoms with Gasteiger partial charge in [-0.15, -0.1) is 0 Å². The maximum absolute atomic E-state index is 13.1. The summed E-state index contributed by atoms with van der Waals surface area (Å²) in [5.74, 6) is 0.216. The van der Waals surface area contributed by atoms with Gasteiger partial charge in [0.05, 0.1) is 40.7 Å². The van der Waals surface area contributed by atoms with Crippen molar-refractivity contribution in [2.75, 3.05) is 7.11 Å². The molecule has 0 radical (unpaired) electrons. The molecule has 0 amide bonds. The minimum absolute atomic E-state index is 0.0600. The second-order valence-corrected chi connectivity index (χ2v) is 7.80. The van der Waals surface area contributed by atoms with Gasteiger partial charge in [-0.2, -0.15) is 13.2 Å². The minimum atomic E-state index is -4.63. The van der Waals surface area contributed by atoms with Crippen LogP contribution >= 0.6 is 11.6 Å². The van der Waals surface area contributed by atoms with Gasteiger partial charge in [0.1, 0.15) is 27.9 Å². The molecule has 0 aliphatic carbocycles. The Labute approximate surface area is 193 Å². The van der Waals surface area contributed by atoms with Gasteiger partial charge in [-0.1, -0.05) is 11.6 Å². The summed E-state index contributed by atoms with van der Waals surface area (Å²) in [6, 6.07) is 5.55. The summed E-state index contributed by atoms with van der Waals surface area (Å²) in [5, 5.41) is 0.742. The van der Waals surface area contributed by atoms with Crippen LogP contribution in [0.15, 0.2) is 41.5 Å². The molecule has 2 N–H and O–H groups in total. The number of halogens is 4. The summed E-state index contributed by atoms with van der Waals surface area (Å²) < 4.78 is 44.6. The third-order valence-electron chi connectivity index (χ3n) is 5.27. The van der Waals surface area contributed by atoms with Gasteiger partial charge >= 0.3 is 6.18 Å². The second kappa shape index (κ2) is 7.80. The third kappa shape index (κ3) is 3.63. The van der Waals surface area contributed by atoms with E-state index in [0.29, 0.717) is 27.6 Å². The first kappa shape index (κ1) is 21.8. The van der Waals surface area contributed by atoms with E-state index in [0.717, 1.165) is 12.3 Å². The van der Waals surface area contributed by atoms with E-state index in [9.17, 15) is 18.0 Å². The number of alkyl halides is 3. The van der Waals surface area contributed by atoms with Crippen molar-refractivity contribution in [1.82, 2.24) is 29.9 Å². The molecule has 0 aliphatic heterocycles. The van der Waals surface area contributed by atoms with Crippen LogP contribution < -0.4 is 10.3 Å². The molecule has 0 saturated carbocycles. The zero-order valence-electron chi connectivity index (χ0n) is 17.6. The quantitative estimate of drug-likeness (QED) is 0.351. The van der Waals surface area contributed by atoms with Gasteiger partial charge in [-0.3, -0.25) is 14.8 Å². The molecule has 8 nitrogen and oxygen atoms in total. The van der Waals surface area contributed by atoms with Crippen molar-refractivity contribution in [2.45, 2.75) is 13.1 Å². The molecule has 0 fully saturated rings. The van der Waals surface area contributed by atoms with Gasteiger partial charge in [-0.25, -0.2) is 9.97 Å².